The van der Waals surface area contributed by atoms with E-state index in [0.29, 0.717) is 0 Å². The first-order chi connectivity index (χ1) is 8.84. The van der Waals surface area contributed by atoms with Crippen molar-refractivity contribution in [2.45, 2.75) is 13.3 Å². The van der Waals surface area contributed by atoms with Crippen LogP contribution in [-0.4, -0.2) is 21.9 Å². The molecule has 4 nitrogen and oxygen atoms in total. The summed E-state index contributed by atoms with van der Waals surface area (Å²) in [4.78, 5) is 8.49. The van der Waals surface area contributed by atoms with Crippen molar-refractivity contribution in [3.8, 4) is 0 Å². The van der Waals surface area contributed by atoms with Crippen LogP contribution in [0.2, 0.25) is 0 Å². The summed E-state index contributed by atoms with van der Waals surface area (Å²) >= 11 is 0. The lowest BCUT2D eigenvalue weighted by Crippen LogP contribution is -2.19. The van der Waals surface area contributed by atoms with Crippen molar-refractivity contribution < 1.29 is 0 Å². The molecule has 0 unspecified atom stereocenters. The minimum Gasteiger partial charge on any atom is -0.265 e. The Hall–Kier alpha value is -2.45. The summed E-state index contributed by atoms with van der Waals surface area (Å²) < 4.78 is 0. The summed E-state index contributed by atoms with van der Waals surface area (Å²) in [6, 6.07) is 3.93. The summed E-state index contributed by atoms with van der Waals surface area (Å²) in [5.74, 6) is 0.732. The van der Waals surface area contributed by atoms with Crippen LogP contribution in [0.15, 0.2) is 58.3 Å². The van der Waals surface area contributed by atoms with Crippen molar-refractivity contribution in [2.24, 2.45) is 10.1 Å². The van der Waals surface area contributed by atoms with Gasteiger partial charge in [-0.25, -0.2) is 10.0 Å². The first-order valence-electron chi connectivity index (χ1n) is 5.80. The first kappa shape index (κ1) is 10.7. The molecule has 4 heteroatoms. The van der Waals surface area contributed by atoms with Crippen LogP contribution in [0, 0.1) is 0 Å². The van der Waals surface area contributed by atoms with Crippen LogP contribution in [0.1, 0.15) is 18.9 Å². The third kappa shape index (κ3) is 1.90. The van der Waals surface area contributed by atoms with Crippen LogP contribution in [0.3, 0.4) is 0 Å². The Morgan fingerprint density at radius 3 is 2.94 bits per heavy atom. The minimum atomic E-state index is 0.732. The Morgan fingerprint density at radius 2 is 2.11 bits per heavy atom. The number of hydrogen-bond donors (Lipinski definition) is 0. The number of hydrogen-bond acceptors (Lipinski definition) is 4. The molecule has 0 N–H and O–H groups in total. The molecule has 1 aromatic heterocycles. The molecule has 3 heterocycles. The van der Waals surface area contributed by atoms with Gasteiger partial charge in [-0.2, -0.15) is 5.10 Å². The van der Waals surface area contributed by atoms with Crippen LogP contribution in [0.5, 0.6) is 0 Å². The van der Waals surface area contributed by atoms with Gasteiger partial charge < -0.3 is 0 Å². The highest BCUT2D eigenvalue weighted by atomic mass is 15.5. The molecule has 0 spiro atoms. The van der Waals surface area contributed by atoms with Gasteiger partial charge in [0.1, 0.15) is 0 Å². The van der Waals surface area contributed by atoms with Gasteiger partial charge in [-0.05, 0) is 31.2 Å². The molecule has 0 saturated heterocycles. The normalized spacial score (nSPS) is 17.6. The van der Waals surface area contributed by atoms with Gasteiger partial charge >= 0.3 is 0 Å². The van der Waals surface area contributed by atoms with Crippen molar-refractivity contribution in [3.63, 3.8) is 0 Å². The zero-order valence-electron chi connectivity index (χ0n) is 10.0. The summed E-state index contributed by atoms with van der Waals surface area (Å²) in [6.45, 7) is 1.97. The summed E-state index contributed by atoms with van der Waals surface area (Å²) in [7, 11) is 0. The SMILES string of the molecule is CC1=NC2=C=CCC=NN2C(c2ccncc2)=C1. The molecule has 18 heavy (non-hydrogen) atoms. The number of aromatic nitrogens is 1. The molecule has 0 aromatic carbocycles. The predicted octanol–water partition coefficient (Wildman–Crippen LogP) is 2.59. The second-order valence-corrected chi connectivity index (χ2v) is 4.04. The van der Waals surface area contributed by atoms with Crippen molar-refractivity contribution in [2.75, 3.05) is 0 Å². The van der Waals surface area contributed by atoms with E-state index in [1.54, 1.807) is 12.4 Å². The van der Waals surface area contributed by atoms with Crippen molar-refractivity contribution >= 4 is 17.6 Å². The topological polar surface area (TPSA) is 40.9 Å². The van der Waals surface area contributed by atoms with E-state index in [9.17, 15) is 0 Å². The fourth-order valence-corrected chi connectivity index (χ4v) is 1.89. The van der Waals surface area contributed by atoms with E-state index in [1.807, 2.05) is 42.4 Å². The van der Waals surface area contributed by atoms with E-state index in [4.69, 9.17) is 0 Å². The summed E-state index contributed by atoms with van der Waals surface area (Å²) in [5, 5.41) is 6.23. The molecule has 0 fully saturated rings. The van der Waals surface area contributed by atoms with Gasteiger partial charge in [-0.3, -0.25) is 4.98 Å². The zero-order chi connectivity index (χ0) is 12.4. The molecule has 0 atom stereocenters. The highest BCUT2D eigenvalue weighted by molar-refractivity contribution is 6.01. The fourth-order valence-electron chi connectivity index (χ4n) is 1.89. The molecular formula is C14H12N4. The van der Waals surface area contributed by atoms with E-state index in [2.05, 4.69) is 20.8 Å². The molecule has 2 aliphatic heterocycles. The Bertz CT molecular complexity index is 616. The van der Waals surface area contributed by atoms with Gasteiger partial charge in [0.2, 0.25) is 0 Å². The maximum atomic E-state index is 4.45. The standard InChI is InChI=1S/C14H12N4/c1-11-10-13(12-5-8-15-9-6-12)18-14(17-11)4-2-3-7-16-18/h2,5-10H,3H2,1H3. The molecule has 0 saturated carbocycles. The molecule has 88 valence electrons. The number of aliphatic imine (C=N–C) groups is 1. The average molecular weight is 236 g/mol. The van der Waals surface area contributed by atoms with Gasteiger partial charge in [0.15, 0.2) is 5.82 Å². The third-order valence-corrected chi connectivity index (χ3v) is 2.68. The van der Waals surface area contributed by atoms with Crippen LogP contribution in [-0.2, 0) is 0 Å². The van der Waals surface area contributed by atoms with E-state index in [0.717, 1.165) is 29.2 Å². The Morgan fingerprint density at radius 1 is 1.28 bits per heavy atom. The van der Waals surface area contributed by atoms with Gasteiger partial charge in [-0.15, -0.1) is 0 Å². The molecule has 0 amide bonds. The molecule has 0 bridgehead atoms. The number of fused-ring (bicyclic) bond motifs is 1. The quantitative estimate of drug-likeness (QED) is 0.703. The predicted molar refractivity (Wildman–Crippen MR) is 71.9 cm³/mol. The average Bonchev–Trinajstić information content (AvgIpc) is 2.64. The zero-order valence-corrected chi connectivity index (χ0v) is 10.0. The number of allylic oxidation sites excluding steroid dienone is 2. The first-order valence-corrected chi connectivity index (χ1v) is 5.80. The van der Waals surface area contributed by atoms with Crippen LogP contribution in [0.4, 0.5) is 0 Å². The van der Waals surface area contributed by atoms with Crippen LogP contribution in [0.25, 0.3) is 5.70 Å². The summed E-state index contributed by atoms with van der Waals surface area (Å²) in [6.07, 6.45) is 10.1. The smallest absolute Gasteiger partial charge is 0.198 e. The van der Waals surface area contributed by atoms with E-state index < -0.39 is 0 Å². The second kappa shape index (κ2) is 4.43. The van der Waals surface area contributed by atoms with E-state index in [-0.39, 0.29) is 0 Å². The van der Waals surface area contributed by atoms with Gasteiger partial charge in [0.25, 0.3) is 0 Å². The lowest BCUT2D eigenvalue weighted by Gasteiger charge is -2.24. The molecular weight excluding hydrogens is 224 g/mol. The maximum Gasteiger partial charge on any atom is 0.198 e. The fraction of sp³-hybridized carbons (Fsp3) is 0.143. The van der Waals surface area contributed by atoms with Crippen LogP contribution < -0.4 is 0 Å². The van der Waals surface area contributed by atoms with Gasteiger partial charge in [0.05, 0.1) is 5.70 Å². The number of rotatable bonds is 1. The lowest BCUT2D eigenvalue weighted by atomic mass is 10.1. The highest BCUT2D eigenvalue weighted by Gasteiger charge is 2.20. The molecule has 0 aliphatic carbocycles. The monoisotopic (exact) mass is 236 g/mol. The van der Waals surface area contributed by atoms with Crippen molar-refractivity contribution in [3.05, 3.63) is 53.8 Å². The Kier molecular flexibility index (Phi) is 2.63. The number of nitrogens with zero attached hydrogens (tertiary/aromatic N) is 4. The van der Waals surface area contributed by atoms with Gasteiger partial charge in [0, 0.05) is 36.3 Å². The molecule has 1 aromatic rings. The van der Waals surface area contributed by atoms with E-state index >= 15 is 0 Å². The largest absolute Gasteiger partial charge is 0.265 e. The maximum absolute atomic E-state index is 4.45. The third-order valence-electron chi connectivity index (χ3n) is 2.68. The Balaban J connectivity index is 2.14. The molecule has 0 radical (unpaired) electrons. The molecule has 3 rings (SSSR count). The van der Waals surface area contributed by atoms with Crippen LogP contribution >= 0.6 is 0 Å². The summed E-state index contributed by atoms with van der Waals surface area (Å²) in [5.41, 5.74) is 6.18. The van der Waals surface area contributed by atoms with E-state index in [1.165, 1.54) is 0 Å². The van der Waals surface area contributed by atoms with Crippen molar-refractivity contribution in [1.82, 2.24) is 9.99 Å². The van der Waals surface area contributed by atoms with Gasteiger partial charge in [-0.1, -0.05) is 5.73 Å². The highest BCUT2D eigenvalue weighted by Crippen LogP contribution is 2.28. The Labute approximate surface area is 105 Å². The number of hydrazone groups is 1. The second-order valence-electron chi connectivity index (χ2n) is 4.04. The lowest BCUT2D eigenvalue weighted by molar-refractivity contribution is 0.518. The molecule has 2 aliphatic rings. The minimum absolute atomic E-state index is 0.732. The number of pyridine rings is 1. The van der Waals surface area contributed by atoms with Crippen molar-refractivity contribution in [1.29, 1.82) is 0 Å².